The Balaban J connectivity index is 2.07. The number of amides is 1. The standard InChI is InChI=1S/C28H27F2N3O2/c1-5-9-19-10-7-8-11-21(14-19)24-16-25(34)33-26(32-24)22-15-20(17-31-27(35)18(3)4)12-13-23(22)28(29,30)6-2/h6-7,10-11,13-16,18,22H,2,12,17H2,1,3-4H3,(H,31,35)(H,32,33,34). The molecule has 1 aromatic heterocycles. The molecular weight excluding hydrogens is 448 g/mol. The minimum atomic E-state index is -3.31. The van der Waals surface area contributed by atoms with Gasteiger partial charge in [-0.15, -0.1) is 11.7 Å². The number of aromatic amines is 1. The van der Waals surface area contributed by atoms with Gasteiger partial charge in [0.15, 0.2) is 0 Å². The van der Waals surface area contributed by atoms with Crippen molar-refractivity contribution in [1.29, 1.82) is 0 Å². The average Bonchev–Trinajstić information content (AvgIpc) is 3.07. The Morgan fingerprint density at radius 3 is 2.91 bits per heavy atom. The number of H-pyrrole nitrogens is 1. The van der Waals surface area contributed by atoms with Crippen LogP contribution in [0.25, 0.3) is 5.57 Å². The summed E-state index contributed by atoms with van der Waals surface area (Å²) in [6, 6.07) is 1.31. The van der Waals surface area contributed by atoms with Crippen molar-refractivity contribution in [3.8, 4) is 11.8 Å². The van der Waals surface area contributed by atoms with Crippen LogP contribution in [0.2, 0.25) is 0 Å². The number of carbonyl (C=O) groups excluding carboxylic acids is 1. The Hall–Kier alpha value is -4.01. The lowest BCUT2D eigenvalue weighted by molar-refractivity contribution is -0.123. The third-order valence-corrected chi connectivity index (χ3v) is 5.51. The summed E-state index contributed by atoms with van der Waals surface area (Å²) in [6.07, 6.45) is 10.8. The van der Waals surface area contributed by atoms with Gasteiger partial charge in [0.25, 0.3) is 11.5 Å². The van der Waals surface area contributed by atoms with Crippen molar-refractivity contribution < 1.29 is 13.6 Å². The topological polar surface area (TPSA) is 74.8 Å². The molecule has 0 aromatic carbocycles. The van der Waals surface area contributed by atoms with Gasteiger partial charge in [0, 0.05) is 35.2 Å². The molecule has 180 valence electrons. The Morgan fingerprint density at radius 2 is 2.23 bits per heavy atom. The number of allylic oxidation sites excluding steroid dienone is 9. The van der Waals surface area contributed by atoms with Gasteiger partial charge >= 0.3 is 0 Å². The second-order valence-corrected chi connectivity index (χ2v) is 8.46. The number of rotatable bonds is 7. The Kier molecular flexibility index (Phi) is 8.01. The number of alkyl halides is 2. The van der Waals surface area contributed by atoms with E-state index < -0.39 is 17.4 Å². The van der Waals surface area contributed by atoms with Gasteiger partial charge in [0.2, 0.25) is 5.91 Å². The molecule has 1 amide bonds. The smallest absolute Gasteiger partial charge is 0.288 e. The van der Waals surface area contributed by atoms with E-state index >= 15 is 0 Å². The summed E-state index contributed by atoms with van der Waals surface area (Å²) in [5.74, 6) is 1.19. The SMILES string of the molecule is C=CC(F)(F)C1=CCC(CNC(=O)C(C)C)=CC1c1nc(C2=CC(C#CC)=CC=C=C2)cc(=O)[nH]1. The monoisotopic (exact) mass is 475 g/mol. The second-order valence-electron chi connectivity index (χ2n) is 8.46. The number of hydrogen-bond acceptors (Lipinski definition) is 3. The molecule has 0 spiro atoms. The average molecular weight is 476 g/mol. The zero-order valence-corrected chi connectivity index (χ0v) is 19.9. The summed E-state index contributed by atoms with van der Waals surface area (Å²) in [4.78, 5) is 31.7. The van der Waals surface area contributed by atoms with Crippen molar-refractivity contribution in [1.82, 2.24) is 15.3 Å². The van der Waals surface area contributed by atoms with Gasteiger partial charge in [0.05, 0.1) is 11.6 Å². The van der Waals surface area contributed by atoms with Crippen LogP contribution in [-0.2, 0) is 4.79 Å². The van der Waals surface area contributed by atoms with Crippen LogP contribution in [0.4, 0.5) is 8.78 Å². The summed E-state index contributed by atoms with van der Waals surface area (Å²) in [6.45, 7) is 8.74. The molecule has 0 saturated heterocycles. The zero-order valence-electron chi connectivity index (χ0n) is 19.9. The fourth-order valence-electron chi connectivity index (χ4n) is 3.66. The third kappa shape index (κ3) is 6.32. The Morgan fingerprint density at radius 1 is 1.46 bits per heavy atom. The van der Waals surface area contributed by atoms with Crippen LogP contribution in [0.15, 0.2) is 82.4 Å². The molecule has 0 radical (unpaired) electrons. The first-order valence-electron chi connectivity index (χ1n) is 11.2. The van der Waals surface area contributed by atoms with Gasteiger partial charge in [-0.1, -0.05) is 44.1 Å². The molecule has 2 aliphatic rings. The summed E-state index contributed by atoms with van der Waals surface area (Å²) >= 11 is 0. The van der Waals surface area contributed by atoms with E-state index in [1.165, 1.54) is 12.1 Å². The molecule has 1 heterocycles. The van der Waals surface area contributed by atoms with Crippen molar-refractivity contribution in [2.75, 3.05) is 6.54 Å². The molecule has 2 aliphatic carbocycles. The van der Waals surface area contributed by atoms with E-state index in [1.54, 1.807) is 51.2 Å². The molecule has 7 heteroatoms. The molecule has 1 unspecified atom stereocenters. The predicted octanol–water partition coefficient (Wildman–Crippen LogP) is 4.76. The van der Waals surface area contributed by atoms with Crippen molar-refractivity contribution >= 4 is 11.5 Å². The number of nitrogens with one attached hydrogen (secondary N) is 2. The molecule has 1 aromatic rings. The Labute approximate surface area is 203 Å². The molecule has 0 aliphatic heterocycles. The highest BCUT2D eigenvalue weighted by atomic mass is 19.3. The predicted molar refractivity (Wildman–Crippen MR) is 134 cm³/mol. The maximum absolute atomic E-state index is 14.8. The van der Waals surface area contributed by atoms with Crippen LogP contribution in [0, 0.1) is 17.8 Å². The number of halogens is 2. The molecular formula is C28H27F2N3O2. The van der Waals surface area contributed by atoms with E-state index in [2.05, 4.69) is 39.4 Å². The van der Waals surface area contributed by atoms with Gasteiger partial charge in [0.1, 0.15) is 5.82 Å². The quantitative estimate of drug-likeness (QED) is 0.339. The fraction of sp³-hybridized carbons (Fsp3) is 0.286. The Bertz CT molecular complexity index is 1340. The van der Waals surface area contributed by atoms with Gasteiger partial charge in [-0.05, 0) is 43.7 Å². The van der Waals surface area contributed by atoms with Crippen LogP contribution >= 0.6 is 0 Å². The van der Waals surface area contributed by atoms with E-state index in [0.717, 1.165) is 5.57 Å². The normalized spacial score (nSPS) is 17.4. The third-order valence-electron chi connectivity index (χ3n) is 5.51. The highest BCUT2D eigenvalue weighted by Gasteiger charge is 2.38. The molecule has 2 N–H and O–H groups in total. The van der Waals surface area contributed by atoms with Crippen LogP contribution in [-0.4, -0.2) is 28.3 Å². The molecule has 5 nitrogen and oxygen atoms in total. The van der Waals surface area contributed by atoms with Gasteiger partial charge in [-0.3, -0.25) is 9.59 Å². The van der Waals surface area contributed by atoms with E-state index in [0.29, 0.717) is 22.9 Å². The maximum atomic E-state index is 14.8. The summed E-state index contributed by atoms with van der Waals surface area (Å²) in [5.41, 5.74) is 4.59. The number of nitrogens with zero attached hydrogens (tertiary/aromatic N) is 1. The van der Waals surface area contributed by atoms with Gasteiger partial charge in [-0.25, -0.2) is 4.98 Å². The van der Waals surface area contributed by atoms with E-state index in [4.69, 9.17) is 0 Å². The zero-order chi connectivity index (χ0) is 25.6. The summed E-state index contributed by atoms with van der Waals surface area (Å²) in [5, 5.41) is 2.81. The number of hydrogen-bond donors (Lipinski definition) is 2. The van der Waals surface area contributed by atoms with Crippen LogP contribution in [0.1, 0.15) is 44.6 Å². The van der Waals surface area contributed by atoms with E-state index in [-0.39, 0.29) is 36.2 Å². The minimum Gasteiger partial charge on any atom is -0.352 e. The highest BCUT2D eigenvalue weighted by molar-refractivity contribution is 5.78. The van der Waals surface area contributed by atoms with Crippen molar-refractivity contribution in [3.63, 3.8) is 0 Å². The van der Waals surface area contributed by atoms with Gasteiger partial charge in [-0.2, -0.15) is 8.78 Å². The van der Waals surface area contributed by atoms with Crippen LogP contribution in [0.5, 0.6) is 0 Å². The van der Waals surface area contributed by atoms with Crippen LogP contribution < -0.4 is 10.9 Å². The second kappa shape index (κ2) is 10.9. The summed E-state index contributed by atoms with van der Waals surface area (Å²) < 4.78 is 29.6. The van der Waals surface area contributed by atoms with E-state index in [9.17, 15) is 18.4 Å². The molecule has 35 heavy (non-hydrogen) atoms. The largest absolute Gasteiger partial charge is 0.352 e. The maximum Gasteiger partial charge on any atom is 0.288 e. The van der Waals surface area contributed by atoms with Crippen LogP contribution in [0.3, 0.4) is 0 Å². The highest BCUT2D eigenvalue weighted by Crippen LogP contribution is 2.40. The summed E-state index contributed by atoms with van der Waals surface area (Å²) in [7, 11) is 0. The molecule has 0 fully saturated rings. The van der Waals surface area contributed by atoms with E-state index in [1.807, 2.05) is 0 Å². The first kappa shape index (κ1) is 25.6. The molecule has 0 bridgehead atoms. The first-order valence-corrected chi connectivity index (χ1v) is 11.2. The van der Waals surface area contributed by atoms with Gasteiger partial charge < -0.3 is 10.3 Å². The number of aromatic nitrogens is 2. The van der Waals surface area contributed by atoms with Crippen molar-refractivity contribution in [2.24, 2.45) is 5.92 Å². The lowest BCUT2D eigenvalue weighted by atomic mass is 9.84. The minimum absolute atomic E-state index is 0.0716. The number of carbonyl (C=O) groups is 1. The van der Waals surface area contributed by atoms with Crippen molar-refractivity contribution in [2.45, 2.75) is 39.0 Å². The molecule has 3 rings (SSSR count). The first-order chi connectivity index (χ1) is 16.6. The lowest BCUT2D eigenvalue weighted by Gasteiger charge is -2.27. The lowest BCUT2D eigenvalue weighted by Crippen LogP contribution is -2.31. The van der Waals surface area contributed by atoms with Crippen molar-refractivity contribution in [3.05, 3.63) is 99.5 Å². The fourth-order valence-corrected chi connectivity index (χ4v) is 3.66. The molecule has 1 atom stereocenters. The molecule has 0 saturated carbocycles.